The number of amides is 2. The Morgan fingerprint density at radius 1 is 0.370 bits per heavy atom. The number of piperidine rings is 1. The van der Waals surface area contributed by atoms with Crippen LogP contribution in [0, 0.1) is 27.7 Å². The van der Waals surface area contributed by atoms with E-state index in [-0.39, 0.29) is 0 Å². The van der Waals surface area contributed by atoms with Crippen LogP contribution in [0.3, 0.4) is 0 Å². The number of pyridine rings is 3. The van der Waals surface area contributed by atoms with E-state index in [1.807, 2.05) is 185 Å². The summed E-state index contributed by atoms with van der Waals surface area (Å²) in [7, 11) is 3.71. The number of aromatic nitrogens is 3. The Balaban J connectivity index is -0.0000000555. The second-order valence-electron chi connectivity index (χ2n) is 14.6. The van der Waals surface area contributed by atoms with Gasteiger partial charge in [0.1, 0.15) is 0 Å². The Morgan fingerprint density at radius 3 is 0.863 bits per heavy atom. The second-order valence-corrected chi connectivity index (χ2v) is 14.6. The zero-order chi connectivity index (χ0) is 60.0. The van der Waals surface area contributed by atoms with Gasteiger partial charge in [0.2, 0.25) is 11.8 Å². The molecule has 2 fully saturated rings. The van der Waals surface area contributed by atoms with Gasteiger partial charge in [-0.25, -0.2) is 0 Å². The van der Waals surface area contributed by atoms with Crippen LogP contribution in [0.5, 0.6) is 0 Å². The Kier molecular flexibility index (Phi) is 145. The summed E-state index contributed by atoms with van der Waals surface area (Å²) in [6.45, 7) is 59.5. The third-order valence-corrected chi connectivity index (χ3v) is 6.28. The van der Waals surface area contributed by atoms with Crippen LogP contribution in [0.2, 0.25) is 0 Å². The lowest BCUT2D eigenvalue weighted by Gasteiger charge is -2.21. The first kappa shape index (κ1) is 97.9. The van der Waals surface area contributed by atoms with Gasteiger partial charge in [0.05, 0.1) is 0 Å². The monoisotopic (exact) mass is 1030 g/mol. The van der Waals surface area contributed by atoms with Crippen molar-refractivity contribution in [3.05, 3.63) is 126 Å². The number of benzene rings is 1. The molecule has 2 aliphatic heterocycles. The van der Waals surface area contributed by atoms with Gasteiger partial charge in [-0.1, -0.05) is 253 Å². The lowest BCUT2D eigenvalue weighted by molar-refractivity contribution is -0.131. The first-order chi connectivity index (χ1) is 35.2. The highest BCUT2D eigenvalue weighted by Gasteiger charge is 2.14. The number of carbonyl (C=O) groups excluding carboxylic acids is 2. The maximum absolute atomic E-state index is 10.7. The van der Waals surface area contributed by atoms with Crippen molar-refractivity contribution in [2.24, 2.45) is 0 Å². The van der Waals surface area contributed by atoms with Gasteiger partial charge in [-0.2, -0.15) is 0 Å². The van der Waals surface area contributed by atoms with Crippen molar-refractivity contribution in [2.45, 2.75) is 264 Å². The first-order valence-corrected chi connectivity index (χ1v) is 29.3. The summed E-state index contributed by atoms with van der Waals surface area (Å²) in [5.74, 6) is 0.594. The van der Waals surface area contributed by atoms with Crippen molar-refractivity contribution in [3.8, 4) is 0 Å². The van der Waals surface area contributed by atoms with Crippen LogP contribution in [0.1, 0.15) is 259 Å². The molecule has 0 unspecified atom stereocenters. The van der Waals surface area contributed by atoms with Crippen molar-refractivity contribution in [1.82, 2.24) is 24.8 Å². The van der Waals surface area contributed by atoms with Crippen LogP contribution < -0.4 is 0 Å². The third-order valence-electron chi connectivity index (χ3n) is 6.28. The molecular formula is C66H133N5O2. The smallest absolute Gasteiger partial charge is 0.222 e. The lowest BCUT2D eigenvalue weighted by Crippen LogP contribution is -2.31. The van der Waals surface area contributed by atoms with E-state index in [9.17, 15) is 9.59 Å². The number of rotatable bonds is 0. The highest BCUT2D eigenvalue weighted by Crippen LogP contribution is 2.07. The molecule has 2 amide bonds. The fraction of sp³-hybridized carbons (Fsp3) is 0.652. The zero-order valence-electron chi connectivity index (χ0n) is 55.1. The summed E-state index contributed by atoms with van der Waals surface area (Å²) in [4.78, 5) is 36.5. The fourth-order valence-corrected chi connectivity index (χ4v) is 3.58. The number of hydrogen-bond acceptors (Lipinski definition) is 5. The van der Waals surface area contributed by atoms with E-state index in [2.05, 4.69) is 117 Å². The minimum absolute atomic E-state index is 0.292. The molecule has 4 aromatic rings. The fourth-order valence-electron chi connectivity index (χ4n) is 3.58. The normalized spacial score (nSPS) is 9.73. The van der Waals surface area contributed by atoms with Crippen molar-refractivity contribution < 1.29 is 9.59 Å². The molecule has 1 aromatic carbocycles. The van der Waals surface area contributed by atoms with Gasteiger partial charge in [0, 0.05) is 76.7 Å². The van der Waals surface area contributed by atoms with Crippen LogP contribution in [-0.4, -0.2) is 63.8 Å². The minimum atomic E-state index is 0.292. The molecule has 0 spiro atoms. The summed E-state index contributed by atoms with van der Waals surface area (Å²) >= 11 is 0. The summed E-state index contributed by atoms with van der Waals surface area (Å²) < 4.78 is 0. The molecule has 0 radical (unpaired) electrons. The lowest BCUT2D eigenvalue weighted by atomic mass is 10.1. The molecule has 7 nitrogen and oxygen atoms in total. The number of hydrogen-bond donors (Lipinski definition) is 0. The Bertz CT molecular complexity index is 1180. The van der Waals surface area contributed by atoms with E-state index in [1.165, 1.54) is 61.6 Å². The molecule has 0 atom stereocenters. The molecule has 434 valence electrons. The quantitative estimate of drug-likeness (QED) is 0.175. The number of carbonyl (C=O) groups is 2. The topological polar surface area (TPSA) is 79.3 Å². The van der Waals surface area contributed by atoms with Crippen molar-refractivity contribution in [1.29, 1.82) is 0 Å². The van der Waals surface area contributed by atoms with Gasteiger partial charge in [0.25, 0.3) is 0 Å². The van der Waals surface area contributed by atoms with E-state index < -0.39 is 0 Å². The summed E-state index contributed by atoms with van der Waals surface area (Å²) in [6, 6.07) is 24.0. The van der Waals surface area contributed by atoms with E-state index in [0.29, 0.717) is 11.8 Å². The van der Waals surface area contributed by atoms with Crippen LogP contribution in [-0.2, 0) is 9.59 Å². The third kappa shape index (κ3) is 123. The van der Waals surface area contributed by atoms with Crippen LogP contribution in [0.4, 0.5) is 0 Å². The average Bonchev–Trinajstić information content (AvgIpc) is 3.80. The molecular weight excluding hydrogens is 895 g/mol. The van der Waals surface area contributed by atoms with Gasteiger partial charge in [-0.15, -0.1) is 0 Å². The molecule has 0 saturated carbocycles. The number of likely N-dealkylation sites (tertiary alicyclic amines) is 2. The Labute approximate surface area is 462 Å². The van der Waals surface area contributed by atoms with Crippen LogP contribution >= 0.6 is 0 Å². The summed E-state index contributed by atoms with van der Waals surface area (Å²) in [5, 5.41) is 0. The number of nitrogens with zero attached hydrogens (tertiary/aromatic N) is 5. The Hall–Kier alpha value is -4.39. The molecule has 0 aliphatic carbocycles. The van der Waals surface area contributed by atoms with E-state index in [0.717, 1.165) is 44.5 Å². The highest BCUT2D eigenvalue weighted by atomic mass is 16.2. The molecule has 2 aliphatic rings. The van der Waals surface area contributed by atoms with Crippen molar-refractivity contribution in [3.63, 3.8) is 0 Å². The zero-order valence-corrected chi connectivity index (χ0v) is 55.1. The van der Waals surface area contributed by atoms with E-state index >= 15 is 0 Å². The summed E-state index contributed by atoms with van der Waals surface area (Å²) in [5.41, 5.74) is 4.86. The van der Waals surface area contributed by atoms with Crippen LogP contribution in [0.25, 0.3) is 0 Å². The van der Waals surface area contributed by atoms with Gasteiger partial charge in [0.15, 0.2) is 0 Å². The number of aryl methyl sites for hydroxylation is 4. The molecule has 7 heteroatoms. The van der Waals surface area contributed by atoms with Gasteiger partial charge >= 0.3 is 0 Å². The Morgan fingerprint density at radius 2 is 0.699 bits per heavy atom. The first-order valence-electron chi connectivity index (χ1n) is 29.3. The molecule has 2 saturated heterocycles. The molecule has 0 N–H and O–H groups in total. The van der Waals surface area contributed by atoms with E-state index in [1.54, 1.807) is 34.6 Å². The predicted molar refractivity (Wildman–Crippen MR) is 340 cm³/mol. The molecule has 6 rings (SSSR count). The summed E-state index contributed by atoms with van der Waals surface area (Å²) in [6.07, 6.45) is 21.3. The van der Waals surface area contributed by atoms with Gasteiger partial charge in [-0.3, -0.25) is 24.5 Å². The average molecular weight is 1030 g/mol. The van der Waals surface area contributed by atoms with Gasteiger partial charge < -0.3 is 9.80 Å². The van der Waals surface area contributed by atoms with Crippen LogP contribution in [0.15, 0.2) is 104 Å². The maximum Gasteiger partial charge on any atom is 0.222 e. The molecule has 0 bridgehead atoms. The highest BCUT2D eigenvalue weighted by molar-refractivity contribution is 5.77. The SMILES string of the molecule is CC.CC.CC.CC.CC.CC.CCC.CCC.CCC.CCC.CCC.CCC.CN1CCCC1=O.CN1CCCCC1=O.Cc1ccccc1.Cc1ccccn1.Cc1cccnc1.Cc1ccncc1. The molecule has 5 heterocycles. The van der Waals surface area contributed by atoms with Crippen molar-refractivity contribution in [2.75, 3.05) is 27.2 Å². The largest absolute Gasteiger partial charge is 0.346 e. The minimum Gasteiger partial charge on any atom is -0.346 e. The van der Waals surface area contributed by atoms with Gasteiger partial charge in [-0.05, 0) is 88.4 Å². The molecule has 3 aromatic heterocycles. The maximum atomic E-state index is 10.7. The second kappa shape index (κ2) is 108. The standard InChI is InChI=1S/C7H8.C6H11NO.3C6H7N.C5H9NO.6C3H8.6C2H6/c1-7-5-3-2-4-6-7;1-7-5-3-2-4-6(7)8;1-6-2-4-7-5-3-6;1-6-3-2-4-7-5-6;1-6-4-2-3-5-7-6;1-6-4-2-3-5(6)7;6*1-3-2;6*1-2/h2-6H,1H3;2-5H2,1H3;3*2-5H,1H3;2-4H2,1H3;6*3H2,1-2H3;6*1-2H3. The predicted octanol–water partition coefficient (Wildman–Crippen LogP) is 21.7. The molecule has 73 heavy (non-hydrogen) atoms. The van der Waals surface area contributed by atoms with E-state index in [4.69, 9.17) is 0 Å². The van der Waals surface area contributed by atoms with Crippen molar-refractivity contribution >= 4 is 11.8 Å².